The molecule has 0 spiro atoms. The van der Waals surface area contributed by atoms with Crippen LogP contribution >= 0.6 is 0 Å². The van der Waals surface area contributed by atoms with E-state index in [4.69, 9.17) is 4.52 Å². The Morgan fingerprint density at radius 2 is 1.84 bits per heavy atom. The molecule has 0 bridgehead atoms. The molecular weight excluding hydrogens is 338 g/mol. The molecule has 0 aliphatic heterocycles. The second-order valence-corrected chi connectivity index (χ2v) is 9.02. The zero-order chi connectivity index (χ0) is 17.3. The van der Waals surface area contributed by atoms with Gasteiger partial charge < -0.3 is 4.52 Å². The standard InChI is InChI=1S/C18H23N3O3S/c22-25(23,15-7-2-1-3-8-15)21-16-9-5-4-6-14(16)12-17-19-18(20-24-17)13-10-11-13/h4-6,9,13,15,21H,1-3,7-8,10-12H2. The van der Waals surface area contributed by atoms with Crippen LogP contribution in [0, 0.1) is 0 Å². The van der Waals surface area contributed by atoms with Crippen LogP contribution in [-0.2, 0) is 16.4 Å². The predicted molar refractivity (Wildman–Crippen MR) is 94.9 cm³/mol. The molecule has 0 saturated heterocycles. The molecule has 2 saturated carbocycles. The van der Waals surface area contributed by atoms with Crippen molar-refractivity contribution in [3.05, 3.63) is 41.5 Å². The highest BCUT2D eigenvalue weighted by molar-refractivity contribution is 7.93. The topological polar surface area (TPSA) is 85.1 Å². The highest BCUT2D eigenvalue weighted by Crippen LogP contribution is 2.38. The molecular formula is C18H23N3O3S. The van der Waals surface area contributed by atoms with Gasteiger partial charge in [-0.1, -0.05) is 42.6 Å². The van der Waals surface area contributed by atoms with Crippen LogP contribution < -0.4 is 4.72 Å². The Kier molecular flexibility index (Phi) is 4.50. The minimum absolute atomic E-state index is 0.292. The van der Waals surface area contributed by atoms with Crippen LogP contribution in [0.4, 0.5) is 5.69 Å². The van der Waals surface area contributed by atoms with Crippen LogP contribution in [0.5, 0.6) is 0 Å². The summed E-state index contributed by atoms with van der Waals surface area (Å²) in [5.74, 6) is 1.75. The molecule has 1 aromatic carbocycles. The summed E-state index contributed by atoms with van der Waals surface area (Å²) in [6, 6.07) is 7.44. The number of nitrogens with one attached hydrogen (secondary N) is 1. The van der Waals surface area contributed by atoms with E-state index >= 15 is 0 Å². The van der Waals surface area contributed by atoms with E-state index in [1.807, 2.05) is 18.2 Å². The monoisotopic (exact) mass is 361 g/mol. The van der Waals surface area contributed by atoms with Crippen molar-refractivity contribution in [3.8, 4) is 0 Å². The van der Waals surface area contributed by atoms with Gasteiger partial charge in [0.1, 0.15) is 0 Å². The Morgan fingerprint density at radius 1 is 1.08 bits per heavy atom. The summed E-state index contributed by atoms with van der Waals surface area (Å²) in [7, 11) is -3.37. The zero-order valence-corrected chi connectivity index (χ0v) is 15.0. The van der Waals surface area contributed by atoms with E-state index < -0.39 is 10.0 Å². The fraction of sp³-hybridized carbons (Fsp3) is 0.556. The molecule has 25 heavy (non-hydrogen) atoms. The fourth-order valence-electron chi connectivity index (χ4n) is 3.40. The summed E-state index contributed by atoms with van der Waals surface area (Å²) >= 11 is 0. The third-order valence-corrected chi connectivity index (χ3v) is 6.88. The first-order valence-corrected chi connectivity index (χ1v) is 10.6. The van der Waals surface area contributed by atoms with Crippen molar-refractivity contribution in [3.63, 3.8) is 0 Å². The lowest BCUT2D eigenvalue weighted by molar-refractivity contribution is 0.379. The number of anilines is 1. The Hall–Kier alpha value is -1.89. The number of sulfonamides is 1. The van der Waals surface area contributed by atoms with Crippen LogP contribution in [0.25, 0.3) is 0 Å². The number of hydrogen-bond donors (Lipinski definition) is 1. The summed E-state index contributed by atoms with van der Waals surface area (Å²) in [5, 5.41) is 3.73. The summed E-state index contributed by atoms with van der Waals surface area (Å²) < 4.78 is 33.5. The third-order valence-electron chi connectivity index (χ3n) is 5.03. The lowest BCUT2D eigenvalue weighted by Crippen LogP contribution is -2.30. The molecule has 2 fully saturated rings. The van der Waals surface area contributed by atoms with Gasteiger partial charge in [0.05, 0.1) is 17.4 Å². The quantitative estimate of drug-likeness (QED) is 0.849. The van der Waals surface area contributed by atoms with Crippen molar-refractivity contribution in [2.75, 3.05) is 4.72 Å². The maximum Gasteiger partial charge on any atom is 0.235 e. The molecule has 0 unspecified atom stereocenters. The number of rotatable bonds is 6. The summed E-state index contributed by atoms with van der Waals surface area (Å²) in [4.78, 5) is 4.44. The van der Waals surface area contributed by atoms with Crippen LogP contribution in [0.1, 0.15) is 68.1 Å². The molecule has 2 aliphatic rings. The number of nitrogens with zero attached hydrogens (tertiary/aromatic N) is 2. The van der Waals surface area contributed by atoms with Crippen LogP contribution in [0.2, 0.25) is 0 Å². The minimum atomic E-state index is -3.37. The van der Waals surface area contributed by atoms with Crippen LogP contribution in [0.3, 0.4) is 0 Å². The van der Waals surface area contributed by atoms with Gasteiger partial charge >= 0.3 is 0 Å². The SMILES string of the molecule is O=S(=O)(Nc1ccccc1Cc1nc(C2CC2)no1)C1CCCCC1. The van der Waals surface area contributed by atoms with Gasteiger partial charge in [-0.15, -0.1) is 0 Å². The van der Waals surface area contributed by atoms with Crippen molar-refractivity contribution in [1.29, 1.82) is 0 Å². The van der Waals surface area contributed by atoms with Gasteiger partial charge in [0.2, 0.25) is 15.9 Å². The van der Waals surface area contributed by atoms with Gasteiger partial charge in [-0.3, -0.25) is 4.72 Å². The molecule has 0 atom stereocenters. The summed E-state index contributed by atoms with van der Waals surface area (Å²) in [6.07, 6.45) is 7.26. The number of benzene rings is 1. The van der Waals surface area contributed by atoms with Crippen molar-refractivity contribution < 1.29 is 12.9 Å². The predicted octanol–water partition coefficient (Wildman–Crippen LogP) is 3.61. The lowest BCUT2D eigenvalue weighted by atomic mass is 10.0. The highest BCUT2D eigenvalue weighted by atomic mass is 32.2. The molecule has 4 rings (SSSR count). The first-order valence-electron chi connectivity index (χ1n) is 9.04. The molecule has 0 radical (unpaired) electrons. The van der Waals surface area contributed by atoms with Gasteiger partial charge in [-0.25, -0.2) is 8.42 Å². The van der Waals surface area contributed by atoms with Gasteiger partial charge in [0, 0.05) is 5.92 Å². The maximum absolute atomic E-state index is 12.7. The van der Waals surface area contributed by atoms with Crippen molar-refractivity contribution in [2.45, 2.75) is 62.5 Å². The normalized spacial score (nSPS) is 19.0. The molecule has 2 aliphatic carbocycles. The smallest absolute Gasteiger partial charge is 0.235 e. The number of aromatic nitrogens is 2. The van der Waals surface area contributed by atoms with E-state index in [9.17, 15) is 8.42 Å². The van der Waals surface area contributed by atoms with E-state index in [-0.39, 0.29) is 5.25 Å². The van der Waals surface area contributed by atoms with Gasteiger partial charge in [-0.05, 0) is 37.3 Å². The maximum atomic E-state index is 12.7. The van der Waals surface area contributed by atoms with Crippen molar-refractivity contribution in [2.24, 2.45) is 0 Å². The van der Waals surface area contributed by atoms with Crippen molar-refractivity contribution in [1.82, 2.24) is 10.1 Å². The molecule has 1 heterocycles. The first-order chi connectivity index (χ1) is 12.1. The molecule has 7 heteroatoms. The van der Waals surface area contributed by atoms with Crippen LogP contribution in [-0.4, -0.2) is 23.8 Å². The molecule has 6 nitrogen and oxygen atoms in total. The second-order valence-electron chi connectivity index (χ2n) is 7.06. The largest absolute Gasteiger partial charge is 0.339 e. The van der Waals surface area contributed by atoms with E-state index in [0.29, 0.717) is 23.9 Å². The Morgan fingerprint density at radius 3 is 2.60 bits per heavy atom. The molecule has 1 aromatic heterocycles. The van der Waals surface area contributed by atoms with E-state index in [0.717, 1.165) is 56.3 Å². The minimum Gasteiger partial charge on any atom is -0.339 e. The van der Waals surface area contributed by atoms with E-state index in [1.54, 1.807) is 6.07 Å². The van der Waals surface area contributed by atoms with Gasteiger partial charge in [0.15, 0.2) is 5.82 Å². The fourth-order valence-corrected chi connectivity index (χ4v) is 5.02. The van der Waals surface area contributed by atoms with E-state index in [2.05, 4.69) is 14.9 Å². The Labute approximate surface area is 148 Å². The lowest BCUT2D eigenvalue weighted by Gasteiger charge is -2.23. The first kappa shape index (κ1) is 16.6. The summed E-state index contributed by atoms with van der Waals surface area (Å²) in [5.41, 5.74) is 1.46. The molecule has 1 N–H and O–H groups in total. The molecule has 0 amide bonds. The van der Waals surface area contributed by atoms with Gasteiger partial charge in [0.25, 0.3) is 0 Å². The molecule has 2 aromatic rings. The summed E-state index contributed by atoms with van der Waals surface area (Å²) in [6.45, 7) is 0. The number of hydrogen-bond acceptors (Lipinski definition) is 5. The zero-order valence-electron chi connectivity index (χ0n) is 14.1. The Bertz CT molecular complexity index is 837. The number of para-hydroxylation sites is 1. The average Bonchev–Trinajstić information content (AvgIpc) is 3.37. The Balaban J connectivity index is 1.51. The third kappa shape index (κ3) is 3.86. The molecule has 134 valence electrons. The average molecular weight is 361 g/mol. The van der Waals surface area contributed by atoms with Crippen LogP contribution in [0.15, 0.2) is 28.8 Å². The van der Waals surface area contributed by atoms with E-state index in [1.165, 1.54) is 0 Å². The highest BCUT2D eigenvalue weighted by Gasteiger charge is 2.29. The second kappa shape index (κ2) is 6.78. The van der Waals surface area contributed by atoms with Crippen molar-refractivity contribution >= 4 is 15.7 Å². The van der Waals surface area contributed by atoms with Gasteiger partial charge in [-0.2, -0.15) is 4.98 Å².